The summed E-state index contributed by atoms with van der Waals surface area (Å²) in [5, 5.41) is 21.3. The van der Waals surface area contributed by atoms with Gasteiger partial charge < -0.3 is 10.6 Å². The Morgan fingerprint density at radius 2 is 1.64 bits per heavy atom. The molecule has 2 aromatic rings. The van der Waals surface area contributed by atoms with E-state index in [0.717, 1.165) is 17.5 Å². The fourth-order valence-electron chi connectivity index (χ4n) is 3.82. The van der Waals surface area contributed by atoms with Gasteiger partial charge in [0.05, 0.1) is 5.71 Å². The van der Waals surface area contributed by atoms with Crippen molar-refractivity contribution in [2.45, 2.75) is 39.0 Å². The Morgan fingerprint density at radius 3 is 2.24 bits per heavy atom. The maximum Gasteiger partial charge on any atom is 0.0630 e. The lowest BCUT2D eigenvalue weighted by Gasteiger charge is -2.21. The summed E-state index contributed by atoms with van der Waals surface area (Å²) in [5.41, 5.74) is 4.43. The molecule has 0 amide bonds. The zero-order valence-electron chi connectivity index (χ0n) is 14.8. The minimum Gasteiger partial charge on any atom is -0.411 e. The van der Waals surface area contributed by atoms with Crippen LogP contribution in [0.2, 0.25) is 0 Å². The van der Waals surface area contributed by atoms with Crippen LogP contribution in [0.5, 0.6) is 0 Å². The number of nitrogens with one attached hydrogen (secondary N) is 1. The third-order valence-electron chi connectivity index (χ3n) is 5.36. The summed E-state index contributed by atoms with van der Waals surface area (Å²) >= 11 is 0. The van der Waals surface area contributed by atoms with Crippen LogP contribution >= 0.6 is 0 Å². The third kappa shape index (κ3) is 4.16. The standard InChI is InChI=1S/C22H26N2O/c1-16(24-25)21(15-17-7-5-6-8-17)22(23)20-13-11-19(12-14-20)18-9-3-2-4-10-18/h2-4,9-14,17,21,23,25H,5-8,15H2,1H3/b23-22?,24-16+. The molecule has 0 radical (unpaired) electrons. The van der Waals surface area contributed by atoms with Crippen LogP contribution in [0.3, 0.4) is 0 Å². The largest absolute Gasteiger partial charge is 0.411 e. The second-order valence-electron chi connectivity index (χ2n) is 7.04. The topological polar surface area (TPSA) is 56.4 Å². The van der Waals surface area contributed by atoms with E-state index >= 15 is 0 Å². The van der Waals surface area contributed by atoms with Gasteiger partial charge in [0.1, 0.15) is 0 Å². The molecular formula is C22H26N2O. The van der Waals surface area contributed by atoms with Crippen molar-refractivity contribution < 1.29 is 5.21 Å². The van der Waals surface area contributed by atoms with Crippen molar-refractivity contribution in [2.75, 3.05) is 0 Å². The average molecular weight is 334 g/mol. The molecule has 1 saturated carbocycles. The number of rotatable bonds is 6. The van der Waals surface area contributed by atoms with Crippen LogP contribution in [0.4, 0.5) is 0 Å². The summed E-state index contributed by atoms with van der Waals surface area (Å²) in [6, 6.07) is 18.4. The van der Waals surface area contributed by atoms with Gasteiger partial charge >= 0.3 is 0 Å². The van der Waals surface area contributed by atoms with Crippen LogP contribution in [-0.4, -0.2) is 16.6 Å². The normalized spacial score (nSPS) is 16.8. The molecule has 25 heavy (non-hydrogen) atoms. The van der Waals surface area contributed by atoms with Gasteiger partial charge in [-0.15, -0.1) is 0 Å². The average Bonchev–Trinajstić information content (AvgIpc) is 3.19. The van der Waals surface area contributed by atoms with E-state index in [2.05, 4.69) is 29.4 Å². The van der Waals surface area contributed by atoms with Crippen LogP contribution in [0.15, 0.2) is 59.8 Å². The second kappa shape index (κ2) is 8.11. The van der Waals surface area contributed by atoms with Gasteiger partial charge in [0, 0.05) is 11.6 Å². The molecule has 0 spiro atoms. The molecule has 0 saturated heterocycles. The van der Waals surface area contributed by atoms with E-state index in [0.29, 0.717) is 17.3 Å². The molecule has 130 valence electrons. The van der Waals surface area contributed by atoms with Gasteiger partial charge in [-0.2, -0.15) is 0 Å². The van der Waals surface area contributed by atoms with Crippen molar-refractivity contribution in [1.29, 1.82) is 5.41 Å². The number of nitrogens with zero attached hydrogens (tertiary/aromatic N) is 1. The van der Waals surface area contributed by atoms with Crippen LogP contribution in [0.25, 0.3) is 11.1 Å². The fraction of sp³-hybridized carbons (Fsp3) is 0.364. The lowest BCUT2D eigenvalue weighted by molar-refractivity contribution is 0.314. The second-order valence-corrected chi connectivity index (χ2v) is 7.04. The highest BCUT2D eigenvalue weighted by atomic mass is 16.4. The first kappa shape index (κ1) is 17.4. The summed E-state index contributed by atoms with van der Waals surface area (Å²) in [4.78, 5) is 0. The van der Waals surface area contributed by atoms with Gasteiger partial charge in [-0.1, -0.05) is 85.4 Å². The molecule has 2 N–H and O–H groups in total. The number of benzene rings is 2. The Balaban J connectivity index is 1.79. The lowest BCUT2D eigenvalue weighted by Crippen LogP contribution is -2.25. The Hall–Kier alpha value is -2.42. The summed E-state index contributed by atoms with van der Waals surface area (Å²) in [6.45, 7) is 1.83. The molecule has 1 atom stereocenters. The molecule has 0 aliphatic heterocycles. The van der Waals surface area contributed by atoms with Gasteiger partial charge in [-0.3, -0.25) is 0 Å². The smallest absolute Gasteiger partial charge is 0.0630 e. The molecule has 1 aliphatic rings. The lowest BCUT2D eigenvalue weighted by atomic mass is 9.84. The van der Waals surface area contributed by atoms with E-state index in [4.69, 9.17) is 5.41 Å². The van der Waals surface area contributed by atoms with Crippen molar-refractivity contribution >= 4 is 11.4 Å². The van der Waals surface area contributed by atoms with Crippen molar-refractivity contribution in [3.05, 3.63) is 60.2 Å². The first-order valence-corrected chi connectivity index (χ1v) is 9.12. The highest BCUT2D eigenvalue weighted by molar-refractivity contribution is 6.13. The van der Waals surface area contributed by atoms with E-state index < -0.39 is 0 Å². The summed E-state index contributed by atoms with van der Waals surface area (Å²) in [5.74, 6) is 0.543. The highest BCUT2D eigenvalue weighted by Gasteiger charge is 2.26. The number of hydrogen-bond donors (Lipinski definition) is 2. The van der Waals surface area contributed by atoms with E-state index in [1.807, 2.05) is 37.3 Å². The monoisotopic (exact) mass is 334 g/mol. The van der Waals surface area contributed by atoms with Crippen molar-refractivity contribution in [3.8, 4) is 11.1 Å². The molecule has 0 aromatic heterocycles. The maximum atomic E-state index is 9.26. The molecule has 1 aliphatic carbocycles. The quantitative estimate of drug-likeness (QED) is 0.393. The Morgan fingerprint density at radius 1 is 1.04 bits per heavy atom. The van der Waals surface area contributed by atoms with Crippen molar-refractivity contribution in [3.63, 3.8) is 0 Å². The predicted molar refractivity (Wildman–Crippen MR) is 104 cm³/mol. The number of oxime groups is 1. The molecule has 1 unspecified atom stereocenters. The summed E-state index contributed by atoms with van der Waals surface area (Å²) in [7, 11) is 0. The van der Waals surface area contributed by atoms with Gasteiger partial charge in [0.15, 0.2) is 0 Å². The summed E-state index contributed by atoms with van der Waals surface area (Å²) in [6.07, 6.45) is 5.94. The van der Waals surface area contributed by atoms with E-state index in [-0.39, 0.29) is 5.92 Å². The zero-order chi connectivity index (χ0) is 17.6. The SMILES string of the molecule is C/C(=N\O)C(CC1CCCC1)C(=N)c1ccc(-c2ccccc2)cc1. The first-order valence-electron chi connectivity index (χ1n) is 9.12. The van der Waals surface area contributed by atoms with Gasteiger partial charge in [-0.25, -0.2) is 0 Å². The Kier molecular flexibility index (Phi) is 5.64. The molecule has 3 heteroatoms. The Labute approximate surface area is 149 Å². The van der Waals surface area contributed by atoms with E-state index in [9.17, 15) is 5.21 Å². The third-order valence-corrected chi connectivity index (χ3v) is 5.36. The zero-order valence-corrected chi connectivity index (χ0v) is 14.8. The fourth-order valence-corrected chi connectivity index (χ4v) is 3.82. The van der Waals surface area contributed by atoms with E-state index in [1.54, 1.807) is 0 Å². The van der Waals surface area contributed by atoms with Crippen LogP contribution < -0.4 is 0 Å². The van der Waals surface area contributed by atoms with Gasteiger partial charge in [-0.05, 0) is 36.0 Å². The van der Waals surface area contributed by atoms with Crippen LogP contribution in [0.1, 0.15) is 44.6 Å². The molecule has 0 bridgehead atoms. The van der Waals surface area contributed by atoms with Crippen molar-refractivity contribution in [1.82, 2.24) is 0 Å². The van der Waals surface area contributed by atoms with Crippen LogP contribution in [0, 0.1) is 17.2 Å². The predicted octanol–water partition coefficient (Wildman–Crippen LogP) is 5.77. The van der Waals surface area contributed by atoms with Gasteiger partial charge in [0.25, 0.3) is 0 Å². The van der Waals surface area contributed by atoms with E-state index in [1.165, 1.54) is 31.2 Å². The maximum absolute atomic E-state index is 9.26. The Bertz CT molecular complexity index is 728. The first-order chi connectivity index (χ1) is 12.2. The minimum absolute atomic E-state index is 0.101. The molecule has 3 nitrogen and oxygen atoms in total. The molecule has 2 aromatic carbocycles. The highest BCUT2D eigenvalue weighted by Crippen LogP contribution is 2.32. The minimum atomic E-state index is -0.101. The summed E-state index contributed by atoms with van der Waals surface area (Å²) < 4.78 is 0. The molecule has 1 fully saturated rings. The van der Waals surface area contributed by atoms with Crippen molar-refractivity contribution in [2.24, 2.45) is 17.0 Å². The molecular weight excluding hydrogens is 308 g/mol. The number of hydrogen-bond acceptors (Lipinski definition) is 3. The van der Waals surface area contributed by atoms with Gasteiger partial charge in [0.2, 0.25) is 0 Å². The molecule has 3 rings (SSSR count). The molecule has 0 heterocycles. The van der Waals surface area contributed by atoms with Crippen LogP contribution in [-0.2, 0) is 0 Å².